The highest BCUT2D eigenvalue weighted by molar-refractivity contribution is 6.01. The summed E-state index contributed by atoms with van der Waals surface area (Å²) in [6, 6.07) is 8.81. The molecule has 0 fully saturated rings. The van der Waals surface area contributed by atoms with E-state index in [1.165, 1.54) is 12.3 Å². The highest BCUT2D eigenvalue weighted by Crippen LogP contribution is 2.07. The lowest BCUT2D eigenvalue weighted by molar-refractivity contribution is -0.117. The molecular weight excluding hydrogens is 242 g/mol. The average molecular weight is 253 g/mol. The van der Waals surface area contributed by atoms with Gasteiger partial charge in [0.1, 0.15) is 17.4 Å². The van der Waals surface area contributed by atoms with Gasteiger partial charge in [-0.1, -0.05) is 0 Å². The van der Waals surface area contributed by atoms with E-state index in [0.29, 0.717) is 12.3 Å². The normalized spacial score (nSPS) is 10.8. The third kappa shape index (κ3) is 3.54. The van der Waals surface area contributed by atoms with Crippen molar-refractivity contribution in [2.45, 2.75) is 6.54 Å². The molecule has 0 atom stereocenters. The predicted molar refractivity (Wildman–Crippen MR) is 68.4 cm³/mol. The molecule has 1 N–H and O–H groups in total. The molecule has 0 radical (unpaired) electrons. The summed E-state index contributed by atoms with van der Waals surface area (Å²) in [5.41, 5.74) is 0.919. The number of aromatic nitrogens is 1. The van der Waals surface area contributed by atoms with Gasteiger partial charge in [-0.2, -0.15) is 5.26 Å². The first-order valence-corrected chi connectivity index (χ1v) is 5.62. The summed E-state index contributed by atoms with van der Waals surface area (Å²) in [6.45, 7) is 0.346. The van der Waals surface area contributed by atoms with E-state index in [1.54, 1.807) is 36.7 Å². The van der Waals surface area contributed by atoms with Crippen LogP contribution >= 0.6 is 0 Å². The van der Waals surface area contributed by atoms with Crippen LogP contribution in [0.5, 0.6) is 0 Å². The second-order valence-electron chi connectivity index (χ2n) is 3.72. The standard InChI is InChI=1S/C14H11N3O2/c15-9-12(8-13-2-1-7-19-13)14(18)17-10-11-3-5-16-6-4-11/h1-8H,10H2,(H,17,18)/b12-8+. The Balaban J connectivity index is 2.01. The van der Waals surface area contributed by atoms with Crippen LogP contribution in [0.1, 0.15) is 11.3 Å². The predicted octanol–water partition coefficient (Wildman–Crippen LogP) is 1.90. The lowest BCUT2D eigenvalue weighted by Crippen LogP contribution is -2.23. The lowest BCUT2D eigenvalue weighted by Gasteiger charge is -2.03. The molecule has 0 unspecified atom stereocenters. The van der Waals surface area contributed by atoms with Gasteiger partial charge in [-0.3, -0.25) is 9.78 Å². The Bertz CT molecular complexity index is 610. The number of carbonyl (C=O) groups is 1. The molecule has 0 spiro atoms. The zero-order valence-corrected chi connectivity index (χ0v) is 10.0. The summed E-state index contributed by atoms with van der Waals surface area (Å²) < 4.78 is 5.06. The second kappa shape index (κ2) is 6.17. The van der Waals surface area contributed by atoms with E-state index in [1.807, 2.05) is 6.07 Å². The van der Waals surface area contributed by atoms with Crippen LogP contribution in [-0.2, 0) is 11.3 Å². The molecule has 2 aromatic heterocycles. The Morgan fingerprint density at radius 2 is 2.21 bits per heavy atom. The van der Waals surface area contributed by atoms with Crippen molar-refractivity contribution in [1.82, 2.24) is 10.3 Å². The molecule has 0 bridgehead atoms. The molecular formula is C14H11N3O2. The number of pyridine rings is 1. The number of nitrogens with one attached hydrogen (secondary N) is 1. The van der Waals surface area contributed by atoms with Crippen LogP contribution in [-0.4, -0.2) is 10.9 Å². The molecule has 0 aliphatic heterocycles. The molecule has 2 heterocycles. The maximum absolute atomic E-state index is 11.8. The summed E-state index contributed by atoms with van der Waals surface area (Å²) in [4.78, 5) is 15.7. The minimum Gasteiger partial charge on any atom is -0.465 e. The van der Waals surface area contributed by atoms with Gasteiger partial charge in [-0.05, 0) is 29.8 Å². The smallest absolute Gasteiger partial charge is 0.262 e. The maximum Gasteiger partial charge on any atom is 0.262 e. The largest absolute Gasteiger partial charge is 0.465 e. The molecule has 19 heavy (non-hydrogen) atoms. The minimum absolute atomic E-state index is 0.00371. The second-order valence-corrected chi connectivity index (χ2v) is 3.72. The summed E-state index contributed by atoms with van der Waals surface area (Å²) >= 11 is 0. The minimum atomic E-state index is -0.435. The lowest BCUT2D eigenvalue weighted by atomic mass is 10.2. The molecule has 0 aliphatic carbocycles. The quantitative estimate of drug-likeness (QED) is 0.666. The van der Waals surface area contributed by atoms with Crippen LogP contribution in [0.25, 0.3) is 6.08 Å². The van der Waals surface area contributed by atoms with E-state index in [2.05, 4.69) is 10.3 Å². The summed E-state index contributed by atoms with van der Waals surface area (Å²) in [7, 11) is 0. The maximum atomic E-state index is 11.8. The number of furan rings is 1. The summed E-state index contributed by atoms with van der Waals surface area (Å²) in [5.74, 6) is 0.0336. The van der Waals surface area contributed by atoms with Crippen LogP contribution in [0.4, 0.5) is 0 Å². The van der Waals surface area contributed by atoms with Crippen molar-refractivity contribution in [2.24, 2.45) is 0 Å². The zero-order chi connectivity index (χ0) is 13.5. The molecule has 94 valence electrons. The molecule has 5 nitrogen and oxygen atoms in total. The first-order valence-electron chi connectivity index (χ1n) is 5.62. The van der Waals surface area contributed by atoms with Crippen LogP contribution < -0.4 is 5.32 Å². The monoisotopic (exact) mass is 253 g/mol. The van der Waals surface area contributed by atoms with Crippen molar-refractivity contribution in [2.75, 3.05) is 0 Å². The Labute approximate surface area is 110 Å². The van der Waals surface area contributed by atoms with Gasteiger partial charge >= 0.3 is 0 Å². The topological polar surface area (TPSA) is 78.9 Å². The number of amides is 1. The molecule has 2 rings (SSSR count). The zero-order valence-electron chi connectivity index (χ0n) is 10.0. The van der Waals surface area contributed by atoms with E-state index in [4.69, 9.17) is 9.68 Å². The molecule has 2 aromatic rings. The summed E-state index contributed by atoms with van der Waals surface area (Å²) in [6.07, 6.45) is 6.17. The van der Waals surface area contributed by atoms with Gasteiger partial charge in [0, 0.05) is 25.0 Å². The Morgan fingerprint density at radius 1 is 1.42 bits per heavy atom. The van der Waals surface area contributed by atoms with Gasteiger partial charge in [0.15, 0.2) is 0 Å². The fourth-order valence-corrected chi connectivity index (χ4v) is 1.44. The van der Waals surface area contributed by atoms with Gasteiger partial charge in [-0.25, -0.2) is 0 Å². The molecule has 0 saturated carbocycles. The van der Waals surface area contributed by atoms with Crippen molar-refractivity contribution < 1.29 is 9.21 Å². The van der Waals surface area contributed by atoms with Gasteiger partial charge in [0.25, 0.3) is 5.91 Å². The number of rotatable bonds is 4. The van der Waals surface area contributed by atoms with Crippen LogP contribution in [0.3, 0.4) is 0 Å². The molecule has 0 saturated heterocycles. The van der Waals surface area contributed by atoms with Crippen molar-refractivity contribution in [3.05, 3.63) is 59.8 Å². The first kappa shape index (κ1) is 12.6. The van der Waals surface area contributed by atoms with E-state index in [0.717, 1.165) is 5.56 Å². The van der Waals surface area contributed by atoms with Gasteiger partial charge in [-0.15, -0.1) is 0 Å². The molecule has 1 amide bonds. The number of nitriles is 1. The molecule has 5 heteroatoms. The third-order valence-electron chi connectivity index (χ3n) is 2.40. The van der Waals surface area contributed by atoms with E-state index >= 15 is 0 Å². The first-order chi connectivity index (χ1) is 9.29. The van der Waals surface area contributed by atoms with Gasteiger partial charge < -0.3 is 9.73 Å². The van der Waals surface area contributed by atoms with Crippen LogP contribution in [0.2, 0.25) is 0 Å². The molecule has 0 aromatic carbocycles. The number of hydrogen-bond acceptors (Lipinski definition) is 4. The van der Waals surface area contributed by atoms with Crippen LogP contribution in [0, 0.1) is 11.3 Å². The highest BCUT2D eigenvalue weighted by Gasteiger charge is 2.09. The number of nitrogens with zero attached hydrogens (tertiary/aromatic N) is 2. The number of hydrogen-bond donors (Lipinski definition) is 1. The van der Waals surface area contributed by atoms with E-state index in [9.17, 15) is 4.79 Å². The fourth-order valence-electron chi connectivity index (χ4n) is 1.44. The van der Waals surface area contributed by atoms with E-state index < -0.39 is 5.91 Å². The van der Waals surface area contributed by atoms with Crippen LogP contribution in [0.15, 0.2) is 52.9 Å². The van der Waals surface area contributed by atoms with Gasteiger partial charge in [0.05, 0.1) is 6.26 Å². The highest BCUT2D eigenvalue weighted by atomic mass is 16.3. The van der Waals surface area contributed by atoms with Crippen molar-refractivity contribution in [3.63, 3.8) is 0 Å². The summed E-state index contributed by atoms with van der Waals surface area (Å²) in [5, 5.41) is 11.6. The number of carbonyl (C=O) groups excluding carboxylic acids is 1. The third-order valence-corrected chi connectivity index (χ3v) is 2.40. The van der Waals surface area contributed by atoms with E-state index in [-0.39, 0.29) is 5.57 Å². The Kier molecular flexibility index (Phi) is 4.09. The Hall–Kier alpha value is -2.87. The van der Waals surface area contributed by atoms with Crippen molar-refractivity contribution >= 4 is 12.0 Å². The van der Waals surface area contributed by atoms with Gasteiger partial charge in [0.2, 0.25) is 0 Å². The SMILES string of the molecule is N#C/C(=C\c1ccco1)C(=O)NCc1ccncc1. The Morgan fingerprint density at radius 3 is 2.84 bits per heavy atom. The average Bonchev–Trinajstić information content (AvgIpc) is 2.96. The van der Waals surface area contributed by atoms with Crippen molar-refractivity contribution in [1.29, 1.82) is 5.26 Å². The van der Waals surface area contributed by atoms with Crippen molar-refractivity contribution in [3.8, 4) is 6.07 Å². The fraction of sp³-hybridized carbons (Fsp3) is 0.0714. The molecule has 0 aliphatic rings.